The molecule has 0 N–H and O–H groups in total. The summed E-state index contributed by atoms with van der Waals surface area (Å²) in [6.07, 6.45) is 0. The molecule has 1 fully saturated rings. The van der Waals surface area contributed by atoms with E-state index in [4.69, 9.17) is 4.74 Å². The summed E-state index contributed by atoms with van der Waals surface area (Å²) >= 11 is 3.40. The molecule has 0 spiro atoms. The van der Waals surface area contributed by atoms with E-state index >= 15 is 0 Å². The van der Waals surface area contributed by atoms with Crippen LogP contribution in [0.4, 0.5) is 0 Å². The molecule has 2 rings (SSSR count). The maximum atomic E-state index is 12.0. The van der Waals surface area contributed by atoms with Crippen LogP contribution in [-0.2, 0) is 4.79 Å². The van der Waals surface area contributed by atoms with Crippen molar-refractivity contribution in [3.05, 3.63) is 28.7 Å². The Morgan fingerprint density at radius 3 is 2.58 bits per heavy atom. The molecule has 0 atom stereocenters. The Balaban J connectivity index is 1.81. The molecule has 1 saturated heterocycles. The lowest BCUT2D eigenvalue weighted by Crippen LogP contribution is -2.49. The number of hydrogen-bond acceptors (Lipinski definition) is 3. The standard InChI is InChI=1S/C14H19BrN2O2/c1-2-16-7-9-17(10-8-16)14(18)11-19-13-6-4-3-5-12(13)15/h3-6H,2,7-11H2,1H3. The van der Waals surface area contributed by atoms with Crippen LogP contribution in [0, 0.1) is 0 Å². The molecule has 0 unspecified atom stereocenters. The Morgan fingerprint density at radius 1 is 1.26 bits per heavy atom. The van der Waals surface area contributed by atoms with E-state index in [9.17, 15) is 4.79 Å². The second-order valence-electron chi connectivity index (χ2n) is 4.53. The average Bonchev–Trinajstić information content (AvgIpc) is 2.46. The van der Waals surface area contributed by atoms with Gasteiger partial charge in [0.2, 0.25) is 0 Å². The fraction of sp³-hybridized carbons (Fsp3) is 0.500. The third kappa shape index (κ3) is 3.94. The van der Waals surface area contributed by atoms with Gasteiger partial charge in [0.1, 0.15) is 5.75 Å². The van der Waals surface area contributed by atoms with Gasteiger partial charge >= 0.3 is 0 Å². The second kappa shape index (κ2) is 6.91. The van der Waals surface area contributed by atoms with E-state index < -0.39 is 0 Å². The van der Waals surface area contributed by atoms with E-state index in [0.29, 0.717) is 5.75 Å². The molecule has 1 aliphatic rings. The van der Waals surface area contributed by atoms with Gasteiger partial charge in [-0.15, -0.1) is 0 Å². The Labute approximate surface area is 122 Å². The van der Waals surface area contributed by atoms with Crippen molar-refractivity contribution in [1.82, 2.24) is 9.80 Å². The van der Waals surface area contributed by atoms with Crippen LogP contribution in [0.1, 0.15) is 6.92 Å². The van der Waals surface area contributed by atoms with Gasteiger partial charge in [0, 0.05) is 26.2 Å². The number of carbonyl (C=O) groups is 1. The highest BCUT2D eigenvalue weighted by atomic mass is 79.9. The van der Waals surface area contributed by atoms with Gasteiger partial charge in [-0.25, -0.2) is 0 Å². The van der Waals surface area contributed by atoms with E-state index in [0.717, 1.165) is 37.2 Å². The lowest BCUT2D eigenvalue weighted by atomic mass is 10.3. The summed E-state index contributed by atoms with van der Waals surface area (Å²) in [5.74, 6) is 0.773. The van der Waals surface area contributed by atoms with Gasteiger partial charge in [-0.1, -0.05) is 19.1 Å². The predicted molar refractivity (Wildman–Crippen MR) is 78.3 cm³/mol. The van der Waals surface area contributed by atoms with Crippen molar-refractivity contribution >= 4 is 21.8 Å². The Bertz CT molecular complexity index is 431. The summed E-state index contributed by atoms with van der Waals surface area (Å²) in [6.45, 7) is 6.81. The quantitative estimate of drug-likeness (QED) is 0.848. The summed E-state index contributed by atoms with van der Waals surface area (Å²) in [5, 5.41) is 0. The number of rotatable bonds is 4. The van der Waals surface area contributed by atoms with Crippen molar-refractivity contribution in [3.8, 4) is 5.75 Å². The number of hydrogen-bond donors (Lipinski definition) is 0. The van der Waals surface area contributed by atoms with Gasteiger partial charge in [0.15, 0.2) is 6.61 Å². The number of piperazine rings is 1. The number of halogens is 1. The fourth-order valence-corrected chi connectivity index (χ4v) is 2.51. The molecule has 0 saturated carbocycles. The molecule has 1 aliphatic heterocycles. The van der Waals surface area contributed by atoms with Gasteiger partial charge < -0.3 is 14.5 Å². The van der Waals surface area contributed by atoms with E-state index in [1.165, 1.54) is 0 Å². The van der Waals surface area contributed by atoms with Crippen molar-refractivity contribution in [1.29, 1.82) is 0 Å². The first-order chi connectivity index (χ1) is 9.20. The number of carbonyl (C=O) groups excluding carboxylic acids is 1. The highest BCUT2D eigenvalue weighted by Crippen LogP contribution is 2.23. The normalized spacial score (nSPS) is 16.4. The monoisotopic (exact) mass is 326 g/mol. The van der Waals surface area contributed by atoms with Gasteiger partial charge in [-0.3, -0.25) is 4.79 Å². The molecule has 0 radical (unpaired) electrons. The molecule has 5 heteroatoms. The van der Waals surface area contributed by atoms with Gasteiger partial charge in [-0.2, -0.15) is 0 Å². The zero-order chi connectivity index (χ0) is 13.7. The number of nitrogens with zero attached hydrogens (tertiary/aromatic N) is 2. The van der Waals surface area contributed by atoms with E-state index in [1.54, 1.807) is 0 Å². The number of ether oxygens (including phenoxy) is 1. The Hall–Kier alpha value is -1.07. The van der Waals surface area contributed by atoms with E-state index in [2.05, 4.69) is 27.8 Å². The van der Waals surface area contributed by atoms with Crippen LogP contribution >= 0.6 is 15.9 Å². The van der Waals surface area contributed by atoms with Gasteiger partial charge in [-0.05, 0) is 34.6 Å². The molecule has 19 heavy (non-hydrogen) atoms. The largest absolute Gasteiger partial charge is 0.483 e. The molecular formula is C14H19BrN2O2. The number of amides is 1. The fourth-order valence-electron chi connectivity index (χ4n) is 2.11. The molecule has 0 bridgehead atoms. The first kappa shape index (κ1) is 14.3. The molecule has 1 aromatic rings. The molecule has 104 valence electrons. The topological polar surface area (TPSA) is 32.8 Å². The lowest BCUT2D eigenvalue weighted by molar-refractivity contribution is -0.135. The highest BCUT2D eigenvalue weighted by molar-refractivity contribution is 9.10. The smallest absolute Gasteiger partial charge is 0.260 e. The lowest BCUT2D eigenvalue weighted by Gasteiger charge is -2.33. The molecular weight excluding hydrogens is 308 g/mol. The number of benzene rings is 1. The second-order valence-corrected chi connectivity index (χ2v) is 5.39. The number of para-hydroxylation sites is 1. The Morgan fingerprint density at radius 2 is 1.95 bits per heavy atom. The van der Waals surface area contributed by atoms with Crippen molar-refractivity contribution in [2.75, 3.05) is 39.3 Å². The van der Waals surface area contributed by atoms with Crippen molar-refractivity contribution < 1.29 is 9.53 Å². The third-order valence-electron chi connectivity index (χ3n) is 3.36. The minimum Gasteiger partial charge on any atom is -0.483 e. The SMILES string of the molecule is CCN1CCN(C(=O)COc2ccccc2Br)CC1. The zero-order valence-electron chi connectivity index (χ0n) is 11.1. The summed E-state index contributed by atoms with van der Waals surface area (Å²) in [5.41, 5.74) is 0. The minimum absolute atomic E-state index is 0.0616. The molecule has 1 aromatic carbocycles. The summed E-state index contributed by atoms with van der Waals surface area (Å²) in [7, 11) is 0. The number of likely N-dealkylation sites (N-methyl/N-ethyl adjacent to an activating group) is 1. The highest BCUT2D eigenvalue weighted by Gasteiger charge is 2.20. The average molecular weight is 327 g/mol. The van der Waals surface area contributed by atoms with Gasteiger partial charge in [0.25, 0.3) is 5.91 Å². The van der Waals surface area contributed by atoms with Gasteiger partial charge in [0.05, 0.1) is 4.47 Å². The maximum absolute atomic E-state index is 12.0. The van der Waals surface area contributed by atoms with Crippen LogP contribution in [0.2, 0.25) is 0 Å². The maximum Gasteiger partial charge on any atom is 0.260 e. The van der Waals surface area contributed by atoms with Crippen LogP contribution in [0.5, 0.6) is 5.75 Å². The Kier molecular flexibility index (Phi) is 5.22. The molecule has 4 nitrogen and oxygen atoms in total. The summed E-state index contributed by atoms with van der Waals surface area (Å²) in [4.78, 5) is 16.3. The summed E-state index contributed by atoms with van der Waals surface area (Å²) < 4.78 is 6.43. The molecule has 1 heterocycles. The van der Waals surface area contributed by atoms with E-state index in [-0.39, 0.29) is 12.5 Å². The molecule has 0 aliphatic carbocycles. The van der Waals surface area contributed by atoms with Crippen LogP contribution in [0.15, 0.2) is 28.7 Å². The van der Waals surface area contributed by atoms with Crippen molar-refractivity contribution in [2.24, 2.45) is 0 Å². The third-order valence-corrected chi connectivity index (χ3v) is 4.02. The van der Waals surface area contributed by atoms with Crippen LogP contribution in [0.3, 0.4) is 0 Å². The molecule has 0 aromatic heterocycles. The molecule has 1 amide bonds. The minimum atomic E-state index is 0.0616. The first-order valence-electron chi connectivity index (χ1n) is 6.58. The van der Waals surface area contributed by atoms with Crippen LogP contribution in [0.25, 0.3) is 0 Å². The van der Waals surface area contributed by atoms with Crippen molar-refractivity contribution in [3.63, 3.8) is 0 Å². The summed E-state index contributed by atoms with van der Waals surface area (Å²) in [6, 6.07) is 7.57. The van der Waals surface area contributed by atoms with E-state index in [1.807, 2.05) is 29.2 Å². The van der Waals surface area contributed by atoms with Crippen LogP contribution in [-0.4, -0.2) is 55.0 Å². The van der Waals surface area contributed by atoms with Crippen LogP contribution < -0.4 is 4.74 Å². The van der Waals surface area contributed by atoms with Crippen molar-refractivity contribution in [2.45, 2.75) is 6.92 Å². The first-order valence-corrected chi connectivity index (χ1v) is 7.37. The zero-order valence-corrected chi connectivity index (χ0v) is 12.7. The predicted octanol–water partition coefficient (Wildman–Crippen LogP) is 1.99.